The third kappa shape index (κ3) is 8.77. The number of nitrogens with zero attached hydrogens (tertiary/aromatic N) is 1. The first kappa shape index (κ1) is 37.8. The van der Waals surface area contributed by atoms with Crippen LogP contribution in [0.2, 0.25) is 36.3 Å². The zero-order valence-electron chi connectivity index (χ0n) is 31.7. The van der Waals surface area contributed by atoms with Crippen LogP contribution >= 0.6 is 0 Å². The van der Waals surface area contributed by atoms with Gasteiger partial charge in [0.15, 0.2) is 23.0 Å². The van der Waals surface area contributed by atoms with Gasteiger partial charge in [0.25, 0.3) is 0 Å². The number of aliphatic hydroxyl groups excluding tert-OH is 1. The Morgan fingerprint density at radius 3 is 2.13 bits per heavy atom. The summed E-state index contributed by atoms with van der Waals surface area (Å²) in [5.74, 6) is 2.10. The van der Waals surface area contributed by atoms with Gasteiger partial charge in [0, 0.05) is 0 Å². The Balaban J connectivity index is 1.47. The van der Waals surface area contributed by atoms with Crippen molar-refractivity contribution in [1.82, 2.24) is 4.98 Å². The van der Waals surface area contributed by atoms with Crippen molar-refractivity contribution in [1.29, 1.82) is 0 Å². The molecule has 1 aromatic heterocycles. The topological polar surface area (TPSA) is 64.7 Å². The highest BCUT2D eigenvalue weighted by molar-refractivity contribution is 6.74. The van der Waals surface area contributed by atoms with Gasteiger partial charge < -0.3 is 18.4 Å². The van der Waals surface area contributed by atoms with Crippen LogP contribution in [0.3, 0.4) is 0 Å². The van der Waals surface area contributed by atoms with Gasteiger partial charge in [0.05, 0.1) is 18.3 Å². The molecule has 3 aliphatic carbocycles. The van der Waals surface area contributed by atoms with E-state index in [0.717, 1.165) is 44.4 Å². The van der Waals surface area contributed by atoms with Gasteiger partial charge in [-0.3, -0.25) is 0 Å². The minimum Gasteiger partial charge on any atom is -0.451 e. The fourth-order valence-corrected chi connectivity index (χ4v) is 11.2. The van der Waals surface area contributed by atoms with Crippen LogP contribution < -0.4 is 0 Å². The first-order chi connectivity index (χ1) is 21.2. The predicted octanol–water partition coefficient (Wildman–Crippen LogP) is 11.5. The van der Waals surface area contributed by atoms with Gasteiger partial charge in [-0.1, -0.05) is 91.5 Å². The third-order valence-corrected chi connectivity index (χ3v) is 22.3. The second-order valence-electron chi connectivity index (χ2n) is 18.6. The molecule has 0 spiro atoms. The Morgan fingerprint density at radius 2 is 1.59 bits per heavy atom. The minimum absolute atomic E-state index is 0.200. The van der Waals surface area contributed by atoms with E-state index in [1.165, 1.54) is 44.1 Å². The van der Waals surface area contributed by atoms with Crippen LogP contribution in [0.4, 0.5) is 0 Å². The van der Waals surface area contributed by atoms with Crippen LogP contribution in [-0.4, -0.2) is 38.9 Å². The number of hydrogen-bond donors (Lipinski definition) is 1. The molecule has 5 nitrogen and oxygen atoms in total. The number of fused-ring (bicyclic) bond motifs is 1. The predicted molar refractivity (Wildman–Crippen MR) is 197 cm³/mol. The summed E-state index contributed by atoms with van der Waals surface area (Å²) in [6.45, 7) is 28.8. The number of aliphatic hydroxyl groups is 1. The number of aromatic nitrogens is 1. The average molecular weight is 672 g/mol. The molecule has 1 heterocycles. The molecule has 0 aliphatic heterocycles. The van der Waals surface area contributed by atoms with Gasteiger partial charge in [-0.25, -0.2) is 4.98 Å². The molecule has 1 N–H and O–H groups in total. The molecule has 1 aromatic rings. The van der Waals surface area contributed by atoms with Crippen LogP contribution in [0.1, 0.15) is 138 Å². The van der Waals surface area contributed by atoms with Crippen molar-refractivity contribution in [2.45, 2.75) is 181 Å². The van der Waals surface area contributed by atoms with Gasteiger partial charge in [0.2, 0.25) is 0 Å². The molecule has 3 aliphatic rings. The normalized spacial score (nSPS) is 30.4. The van der Waals surface area contributed by atoms with E-state index >= 15 is 0 Å². The second-order valence-corrected chi connectivity index (χ2v) is 28.2. The second kappa shape index (κ2) is 14.5. The largest absolute Gasteiger partial charge is 0.451 e. The van der Waals surface area contributed by atoms with Crippen LogP contribution in [0.5, 0.6) is 0 Å². The van der Waals surface area contributed by atoms with E-state index in [2.05, 4.69) is 98.7 Å². The average Bonchev–Trinajstić information content (AvgIpc) is 3.58. The van der Waals surface area contributed by atoms with Gasteiger partial charge in [-0.05, 0) is 117 Å². The Kier molecular flexibility index (Phi) is 11.9. The summed E-state index contributed by atoms with van der Waals surface area (Å²) in [5.41, 5.74) is 4.24. The monoisotopic (exact) mass is 671 g/mol. The van der Waals surface area contributed by atoms with Crippen molar-refractivity contribution < 1.29 is 18.4 Å². The molecule has 0 saturated heterocycles. The quantitative estimate of drug-likeness (QED) is 0.237. The summed E-state index contributed by atoms with van der Waals surface area (Å²) in [6, 6.07) is 0. The molecule has 0 bridgehead atoms. The van der Waals surface area contributed by atoms with E-state index in [1.54, 1.807) is 11.8 Å². The van der Waals surface area contributed by atoms with Gasteiger partial charge >= 0.3 is 0 Å². The van der Waals surface area contributed by atoms with E-state index in [4.69, 9.17) is 13.3 Å². The molecule has 262 valence electrons. The number of hydrogen-bond acceptors (Lipinski definition) is 5. The number of allylic oxidation sites excluding steroid dienone is 3. The van der Waals surface area contributed by atoms with Crippen molar-refractivity contribution in [2.24, 2.45) is 23.2 Å². The molecular weight excluding hydrogens is 603 g/mol. The lowest BCUT2D eigenvalue weighted by Gasteiger charge is -2.45. The highest BCUT2D eigenvalue weighted by atomic mass is 28.4. The summed E-state index contributed by atoms with van der Waals surface area (Å²) >= 11 is 0. The number of oxazole rings is 1. The first-order valence-electron chi connectivity index (χ1n) is 18.5. The van der Waals surface area contributed by atoms with E-state index in [9.17, 15) is 5.11 Å². The standard InChI is InChI=1S/C39H69NO4Si2/c1-28(15-13-17-36(41)35-26-42-27-40-35)33-20-21-34-30(16-14-22-39(33,34)8)19-18-29-23-31(43-45(9,10)37(2,3)4)25-32(24-29)44-46(11,12)38(5,6)7/h18-19,26-28,31-34,36,41H,13-17,20-25H2,1-12H3/b30-19+/t28-,31-,32-,33-,34+,36?,39-/m1/s1. The first-order valence-corrected chi connectivity index (χ1v) is 24.4. The Bertz CT molecular complexity index is 1150. The lowest BCUT2D eigenvalue weighted by molar-refractivity contribution is 0.0725. The maximum Gasteiger partial charge on any atom is 0.192 e. The van der Waals surface area contributed by atoms with Crippen LogP contribution in [0, 0.1) is 23.2 Å². The lowest BCUT2D eigenvalue weighted by atomic mass is 9.60. The van der Waals surface area contributed by atoms with E-state index in [0.29, 0.717) is 22.9 Å². The van der Waals surface area contributed by atoms with E-state index < -0.39 is 22.7 Å². The van der Waals surface area contributed by atoms with E-state index in [1.807, 2.05) is 0 Å². The fourth-order valence-electron chi connectivity index (χ4n) is 8.44. The highest BCUT2D eigenvalue weighted by Crippen LogP contribution is 2.60. The molecule has 7 atom stereocenters. The minimum atomic E-state index is -1.89. The van der Waals surface area contributed by atoms with Crippen molar-refractivity contribution in [3.63, 3.8) is 0 Å². The molecule has 0 radical (unpaired) electrons. The summed E-state index contributed by atoms with van der Waals surface area (Å²) in [4.78, 5) is 4.14. The number of rotatable bonds is 11. The smallest absolute Gasteiger partial charge is 0.192 e. The van der Waals surface area contributed by atoms with Crippen LogP contribution in [0.15, 0.2) is 40.4 Å². The molecule has 4 rings (SSSR count). The molecule has 3 saturated carbocycles. The van der Waals surface area contributed by atoms with Gasteiger partial charge in [-0.2, -0.15) is 0 Å². The lowest BCUT2D eigenvalue weighted by Crippen LogP contribution is -2.48. The van der Waals surface area contributed by atoms with E-state index in [-0.39, 0.29) is 22.3 Å². The van der Waals surface area contributed by atoms with Gasteiger partial charge in [-0.15, -0.1) is 0 Å². The maximum atomic E-state index is 10.5. The summed E-state index contributed by atoms with van der Waals surface area (Å²) < 4.78 is 19.2. The third-order valence-electron chi connectivity index (χ3n) is 13.2. The molecular formula is C39H69NO4Si2. The van der Waals surface area contributed by atoms with Crippen LogP contribution in [-0.2, 0) is 8.85 Å². The molecule has 1 unspecified atom stereocenters. The Labute approximate surface area is 284 Å². The molecule has 7 heteroatoms. The van der Waals surface area contributed by atoms with Gasteiger partial charge in [0.1, 0.15) is 12.0 Å². The molecule has 0 amide bonds. The van der Waals surface area contributed by atoms with Crippen molar-refractivity contribution in [3.8, 4) is 0 Å². The molecule has 0 aromatic carbocycles. The highest BCUT2D eigenvalue weighted by Gasteiger charge is 2.50. The SMILES string of the molecule is C[C@H](CCCC(O)c1cocn1)[C@H]1CC[C@H]2/C(=C/C=C3C[C@@H](O[Si](C)(C)C(C)(C)C)C[C@H](O[Si](C)(C)C(C)(C)C)C3)CCC[C@]12C. The zero-order valence-corrected chi connectivity index (χ0v) is 33.7. The van der Waals surface area contributed by atoms with Crippen LogP contribution in [0.25, 0.3) is 0 Å². The van der Waals surface area contributed by atoms with Crippen molar-refractivity contribution >= 4 is 16.6 Å². The maximum absolute atomic E-state index is 10.5. The molecule has 3 fully saturated rings. The summed E-state index contributed by atoms with van der Waals surface area (Å²) in [7, 11) is -3.77. The van der Waals surface area contributed by atoms with Crippen molar-refractivity contribution in [3.05, 3.63) is 41.6 Å². The summed E-state index contributed by atoms with van der Waals surface area (Å²) in [6.07, 6.45) is 20.5. The fraction of sp³-hybridized carbons (Fsp3) is 0.821. The molecule has 46 heavy (non-hydrogen) atoms. The summed E-state index contributed by atoms with van der Waals surface area (Å²) in [5, 5.41) is 10.9. The zero-order chi connectivity index (χ0) is 34.1. The van der Waals surface area contributed by atoms with Crippen molar-refractivity contribution in [2.75, 3.05) is 0 Å². The Morgan fingerprint density at radius 1 is 0.978 bits per heavy atom. The Hall–Kier alpha value is -0.996.